The lowest BCUT2D eigenvalue weighted by Gasteiger charge is -2.03. The van der Waals surface area contributed by atoms with E-state index in [1.807, 2.05) is 60.7 Å². The number of hydrogen-bond acceptors (Lipinski definition) is 6. The van der Waals surface area contributed by atoms with Crippen molar-refractivity contribution in [2.45, 2.75) is 26.7 Å². The Balaban J connectivity index is 1.32. The van der Waals surface area contributed by atoms with Crippen LogP contribution in [-0.4, -0.2) is 32.3 Å². The molecule has 8 nitrogen and oxygen atoms in total. The van der Waals surface area contributed by atoms with Crippen molar-refractivity contribution in [3.8, 4) is 56.5 Å². The molecule has 0 spiro atoms. The second-order valence-electron chi connectivity index (χ2n) is 8.62. The molecule has 8 heteroatoms. The van der Waals surface area contributed by atoms with Gasteiger partial charge in [0.05, 0.1) is 22.8 Å². The maximum Gasteiger partial charge on any atom is 0.310 e. The van der Waals surface area contributed by atoms with Gasteiger partial charge in [-0.15, -0.1) is 0 Å². The number of ether oxygens (including phenoxy) is 2. The summed E-state index contributed by atoms with van der Waals surface area (Å²) >= 11 is 0. The molecule has 0 saturated carbocycles. The van der Waals surface area contributed by atoms with E-state index in [0.717, 1.165) is 45.0 Å². The van der Waals surface area contributed by atoms with E-state index in [2.05, 4.69) is 20.4 Å². The zero-order valence-corrected chi connectivity index (χ0v) is 21.0. The fraction of sp³-hybridized carbons (Fsp3) is 0.133. The Bertz CT molecular complexity index is 1450. The van der Waals surface area contributed by atoms with E-state index in [1.54, 1.807) is 38.1 Å². The molecule has 0 fully saturated rings. The Kier molecular flexibility index (Phi) is 7.13. The van der Waals surface area contributed by atoms with E-state index in [0.29, 0.717) is 24.3 Å². The van der Waals surface area contributed by atoms with Crippen molar-refractivity contribution >= 4 is 11.9 Å². The molecule has 3 aromatic carbocycles. The summed E-state index contributed by atoms with van der Waals surface area (Å²) in [5.74, 6) is 0.501. The van der Waals surface area contributed by atoms with Gasteiger partial charge in [0.15, 0.2) is 0 Å². The number of carbonyl (C=O) groups excluding carboxylic acids is 2. The lowest BCUT2D eigenvalue weighted by Crippen LogP contribution is -2.05. The summed E-state index contributed by atoms with van der Waals surface area (Å²) < 4.78 is 10.5. The number of H-pyrrole nitrogens is 2. The summed E-state index contributed by atoms with van der Waals surface area (Å²) in [5.41, 5.74) is 7.08. The molecule has 0 radical (unpaired) electrons. The van der Waals surface area contributed by atoms with Crippen LogP contribution in [0.25, 0.3) is 45.0 Å². The molecule has 2 heterocycles. The van der Waals surface area contributed by atoms with E-state index in [1.165, 1.54) is 0 Å². The minimum Gasteiger partial charge on any atom is -0.427 e. The van der Waals surface area contributed by atoms with Gasteiger partial charge in [-0.05, 0) is 77.9 Å². The first kappa shape index (κ1) is 24.7. The third kappa shape index (κ3) is 5.54. The van der Waals surface area contributed by atoms with Crippen LogP contribution in [0.3, 0.4) is 0 Å². The Morgan fingerprint density at radius 3 is 1.42 bits per heavy atom. The summed E-state index contributed by atoms with van der Waals surface area (Å²) in [5, 5.41) is 15.2. The number of carbonyl (C=O) groups is 2. The SMILES string of the molecule is CCC(=O)Oc1ccc(-c2cc(-c3cccc(-c4cc(-c5ccc(OC(=O)CC)cc5)[nH]n4)c3)n[nH]2)cc1. The second kappa shape index (κ2) is 11.0. The molecular formula is C30H26N4O4. The Labute approximate surface area is 219 Å². The summed E-state index contributed by atoms with van der Waals surface area (Å²) in [6.07, 6.45) is 0.657. The van der Waals surface area contributed by atoms with Crippen LogP contribution in [0.15, 0.2) is 84.9 Å². The molecule has 5 aromatic rings. The van der Waals surface area contributed by atoms with Crippen LogP contribution in [0.2, 0.25) is 0 Å². The molecule has 0 unspecified atom stereocenters. The van der Waals surface area contributed by atoms with Gasteiger partial charge >= 0.3 is 11.9 Å². The van der Waals surface area contributed by atoms with Crippen LogP contribution >= 0.6 is 0 Å². The van der Waals surface area contributed by atoms with Gasteiger partial charge in [0.25, 0.3) is 0 Å². The number of aromatic amines is 2. The van der Waals surface area contributed by atoms with E-state index in [-0.39, 0.29) is 11.9 Å². The fourth-order valence-electron chi connectivity index (χ4n) is 3.89. The third-order valence-corrected chi connectivity index (χ3v) is 5.98. The predicted molar refractivity (Wildman–Crippen MR) is 144 cm³/mol. The highest BCUT2D eigenvalue weighted by atomic mass is 16.5. The van der Waals surface area contributed by atoms with Gasteiger partial charge in [-0.25, -0.2) is 0 Å². The van der Waals surface area contributed by atoms with Crippen LogP contribution in [-0.2, 0) is 9.59 Å². The smallest absolute Gasteiger partial charge is 0.310 e. The minimum absolute atomic E-state index is 0.266. The topological polar surface area (TPSA) is 110 Å². The van der Waals surface area contributed by atoms with Crippen molar-refractivity contribution in [1.82, 2.24) is 20.4 Å². The Hall–Kier alpha value is -4.98. The maximum absolute atomic E-state index is 11.5. The molecule has 5 rings (SSSR count). The summed E-state index contributed by atoms with van der Waals surface area (Å²) in [6.45, 7) is 3.52. The zero-order chi connectivity index (χ0) is 26.5. The molecule has 0 bridgehead atoms. The minimum atomic E-state index is -0.266. The van der Waals surface area contributed by atoms with Crippen LogP contribution in [0.4, 0.5) is 0 Å². The van der Waals surface area contributed by atoms with E-state index < -0.39 is 0 Å². The number of nitrogens with zero attached hydrogens (tertiary/aromatic N) is 2. The van der Waals surface area contributed by atoms with Gasteiger partial charge in [0, 0.05) is 24.0 Å². The van der Waals surface area contributed by atoms with Crippen molar-refractivity contribution in [1.29, 1.82) is 0 Å². The second-order valence-corrected chi connectivity index (χ2v) is 8.62. The number of benzene rings is 3. The van der Waals surface area contributed by atoms with Gasteiger partial charge < -0.3 is 9.47 Å². The number of aromatic nitrogens is 4. The summed E-state index contributed by atoms with van der Waals surface area (Å²) in [4.78, 5) is 23.0. The molecule has 0 aliphatic heterocycles. The first-order valence-corrected chi connectivity index (χ1v) is 12.4. The number of esters is 2. The zero-order valence-electron chi connectivity index (χ0n) is 21.0. The third-order valence-electron chi connectivity index (χ3n) is 5.98. The predicted octanol–water partition coefficient (Wildman–Crippen LogP) is 6.43. The van der Waals surface area contributed by atoms with Crippen molar-refractivity contribution in [3.63, 3.8) is 0 Å². The average molecular weight is 507 g/mol. The first-order chi connectivity index (χ1) is 18.5. The normalized spacial score (nSPS) is 10.8. The molecule has 2 N–H and O–H groups in total. The van der Waals surface area contributed by atoms with Crippen molar-refractivity contribution in [2.75, 3.05) is 0 Å². The Morgan fingerprint density at radius 1 is 0.605 bits per heavy atom. The van der Waals surface area contributed by atoms with Crippen molar-refractivity contribution in [2.24, 2.45) is 0 Å². The van der Waals surface area contributed by atoms with Crippen LogP contribution in [0.5, 0.6) is 11.5 Å². The molecule has 0 amide bonds. The van der Waals surface area contributed by atoms with E-state index in [4.69, 9.17) is 9.47 Å². The lowest BCUT2D eigenvalue weighted by atomic mass is 10.0. The van der Waals surface area contributed by atoms with E-state index >= 15 is 0 Å². The molecule has 190 valence electrons. The largest absolute Gasteiger partial charge is 0.427 e. The molecule has 38 heavy (non-hydrogen) atoms. The van der Waals surface area contributed by atoms with Crippen LogP contribution in [0.1, 0.15) is 26.7 Å². The molecule has 2 aromatic heterocycles. The highest BCUT2D eigenvalue weighted by molar-refractivity contribution is 5.76. The first-order valence-electron chi connectivity index (χ1n) is 12.4. The highest BCUT2D eigenvalue weighted by Gasteiger charge is 2.11. The summed E-state index contributed by atoms with van der Waals surface area (Å²) in [6, 6.07) is 26.6. The van der Waals surface area contributed by atoms with Crippen molar-refractivity contribution in [3.05, 3.63) is 84.9 Å². The number of hydrogen-bond donors (Lipinski definition) is 2. The average Bonchev–Trinajstić information content (AvgIpc) is 3.65. The van der Waals surface area contributed by atoms with Gasteiger partial charge in [-0.1, -0.05) is 32.0 Å². The van der Waals surface area contributed by atoms with E-state index in [9.17, 15) is 9.59 Å². The molecule has 0 atom stereocenters. The van der Waals surface area contributed by atoms with Crippen molar-refractivity contribution < 1.29 is 19.1 Å². The van der Waals surface area contributed by atoms with Gasteiger partial charge in [-0.2, -0.15) is 10.2 Å². The van der Waals surface area contributed by atoms with Crippen LogP contribution < -0.4 is 9.47 Å². The van der Waals surface area contributed by atoms with Gasteiger partial charge in [-0.3, -0.25) is 19.8 Å². The summed E-state index contributed by atoms with van der Waals surface area (Å²) in [7, 11) is 0. The van der Waals surface area contributed by atoms with Crippen LogP contribution in [0, 0.1) is 0 Å². The van der Waals surface area contributed by atoms with Gasteiger partial charge in [0.1, 0.15) is 11.5 Å². The standard InChI is InChI=1S/C30H26N4O4/c1-3-29(35)37-23-12-8-19(9-13-23)25-17-27(33-31-25)21-6-5-7-22(16-21)28-18-26(32-34-28)20-10-14-24(15-11-20)38-30(36)4-2/h5-18H,3-4H2,1-2H3,(H,31,33)(H,32,34). The lowest BCUT2D eigenvalue weighted by molar-refractivity contribution is -0.134. The fourth-order valence-corrected chi connectivity index (χ4v) is 3.89. The Morgan fingerprint density at radius 2 is 1.03 bits per heavy atom. The number of rotatable bonds is 8. The quantitative estimate of drug-likeness (QED) is 0.185. The maximum atomic E-state index is 11.5. The molecule has 0 aliphatic rings. The monoisotopic (exact) mass is 506 g/mol. The molecule has 0 aliphatic carbocycles. The molecular weight excluding hydrogens is 480 g/mol. The number of nitrogens with one attached hydrogen (secondary N) is 2. The molecule has 0 saturated heterocycles. The van der Waals surface area contributed by atoms with Gasteiger partial charge in [0.2, 0.25) is 0 Å². The highest BCUT2D eigenvalue weighted by Crippen LogP contribution is 2.30.